The summed E-state index contributed by atoms with van der Waals surface area (Å²) in [6.07, 6.45) is 0.961. The minimum atomic E-state index is -0.0797. The summed E-state index contributed by atoms with van der Waals surface area (Å²) < 4.78 is 5.39. The van der Waals surface area contributed by atoms with Gasteiger partial charge < -0.3 is 10.1 Å². The molecule has 1 unspecified atom stereocenters. The summed E-state index contributed by atoms with van der Waals surface area (Å²) >= 11 is 3.41. The lowest BCUT2D eigenvalue weighted by Crippen LogP contribution is -2.39. The molecule has 1 aromatic rings. The Bertz CT molecular complexity index is 354. The van der Waals surface area contributed by atoms with E-state index in [9.17, 15) is 4.79 Å². The van der Waals surface area contributed by atoms with Crippen molar-refractivity contribution in [2.45, 2.75) is 26.3 Å². The van der Waals surface area contributed by atoms with Gasteiger partial charge in [0, 0.05) is 11.4 Å². The molecule has 1 amide bonds. The Kier molecular flexibility index (Phi) is 6.80. The van der Waals surface area contributed by atoms with Crippen LogP contribution < -0.4 is 10.1 Å². The summed E-state index contributed by atoms with van der Waals surface area (Å²) in [5, 5.41) is 3.72. The summed E-state index contributed by atoms with van der Waals surface area (Å²) in [4.78, 5) is 11.7. The van der Waals surface area contributed by atoms with E-state index >= 15 is 0 Å². The highest BCUT2D eigenvalue weighted by atomic mass is 79.9. The van der Waals surface area contributed by atoms with Crippen LogP contribution >= 0.6 is 15.9 Å². The molecular formula is C14H20BrNO2. The van der Waals surface area contributed by atoms with Crippen molar-refractivity contribution >= 4 is 21.8 Å². The normalized spacial score (nSPS) is 12.2. The van der Waals surface area contributed by atoms with Crippen molar-refractivity contribution in [2.24, 2.45) is 5.92 Å². The highest BCUT2D eigenvalue weighted by Gasteiger charge is 2.12. The Morgan fingerprint density at radius 2 is 2.00 bits per heavy atom. The van der Waals surface area contributed by atoms with Gasteiger partial charge in [-0.1, -0.05) is 48.0 Å². The standard InChI is InChI=1S/C14H20BrNO2/c1-11(2)8-12(9-15)16-14(17)10-18-13-6-4-3-5-7-13/h3-7,11-12H,8-10H2,1-2H3,(H,16,17). The Morgan fingerprint density at radius 3 is 2.56 bits per heavy atom. The number of amides is 1. The molecule has 0 heterocycles. The minimum absolute atomic E-state index is 0.0611. The van der Waals surface area contributed by atoms with Gasteiger partial charge in [-0.25, -0.2) is 0 Å². The quantitative estimate of drug-likeness (QED) is 0.786. The first-order valence-electron chi connectivity index (χ1n) is 6.15. The van der Waals surface area contributed by atoms with Crippen LogP contribution in [0, 0.1) is 5.92 Å². The van der Waals surface area contributed by atoms with Gasteiger partial charge in [-0.05, 0) is 24.5 Å². The lowest BCUT2D eigenvalue weighted by Gasteiger charge is -2.18. The molecule has 0 radical (unpaired) electrons. The van der Waals surface area contributed by atoms with E-state index in [0.29, 0.717) is 11.7 Å². The molecule has 0 aliphatic rings. The summed E-state index contributed by atoms with van der Waals surface area (Å²) in [7, 11) is 0. The van der Waals surface area contributed by atoms with Crippen LogP contribution in [0.25, 0.3) is 0 Å². The van der Waals surface area contributed by atoms with E-state index in [-0.39, 0.29) is 18.6 Å². The molecule has 0 aliphatic carbocycles. The Hall–Kier alpha value is -1.03. The highest BCUT2D eigenvalue weighted by Crippen LogP contribution is 2.09. The number of nitrogens with one attached hydrogen (secondary N) is 1. The number of benzene rings is 1. The monoisotopic (exact) mass is 313 g/mol. The third kappa shape index (κ3) is 6.05. The minimum Gasteiger partial charge on any atom is -0.484 e. The first-order chi connectivity index (χ1) is 8.61. The smallest absolute Gasteiger partial charge is 0.258 e. The molecule has 1 atom stereocenters. The molecule has 0 saturated heterocycles. The van der Waals surface area contributed by atoms with Gasteiger partial charge in [-0.3, -0.25) is 4.79 Å². The maximum Gasteiger partial charge on any atom is 0.258 e. The molecule has 3 nitrogen and oxygen atoms in total. The molecule has 0 bridgehead atoms. The van der Waals surface area contributed by atoms with E-state index in [1.54, 1.807) is 0 Å². The van der Waals surface area contributed by atoms with Crippen LogP contribution in [0.5, 0.6) is 5.75 Å². The number of alkyl halides is 1. The summed E-state index contributed by atoms with van der Waals surface area (Å²) in [6, 6.07) is 9.51. The van der Waals surface area contributed by atoms with E-state index in [4.69, 9.17) is 4.74 Å². The molecule has 1 rings (SSSR count). The van der Waals surface area contributed by atoms with Crippen LogP contribution in [0.4, 0.5) is 0 Å². The maximum atomic E-state index is 11.7. The Morgan fingerprint density at radius 1 is 1.33 bits per heavy atom. The predicted molar refractivity (Wildman–Crippen MR) is 77.1 cm³/mol. The molecule has 0 aromatic heterocycles. The van der Waals surface area contributed by atoms with Crippen molar-refractivity contribution in [3.05, 3.63) is 30.3 Å². The maximum absolute atomic E-state index is 11.7. The molecule has 18 heavy (non-hydrogen) atoms. The topological polar surface area (TPSA) is 38.3 Å². The van der Waals surface area contributed by atoms with Crippen LogP contribution in [0.1, 0.15) is 20.3 Å². The highest BCUT2D eigenvalue weighted by molar-refractivity contribution is 9.09. The molecule has 0 spiro atoms. The molecule has 0 saturated carbocycles. The summed E-state index contributed by atoms with van der Waals surface area (Å²) in [5.41, 5.74) is 0. The van der Waals surface area contributed by atoms with Gasteiger partial charge in [0.2, 0.25) is 0 Å². The van der Waals surface area contributed by atoms with Crippen LogP contribution in [-0.2, 0) is 4.79 Å². The van der Waals surface area contributed by atoms with Gasteiger partial charge in [0.1, 0.15) is 5.75 Å². The number of halogens is 1. The number of carbonyl (C=O) groups is 1. The molecule has 1 N–H and O–H groups in total. The van der Waals surface area contributed by atoms with Crippen LogP contribution in [-0.4, -0.2) is 23.9 Å². The van der Waals surface area contributed by atoms with E-state index in [0.717, 1.165) is 11.8 Å². The molecule has 100 valence electrons. The lowest BCUT2D eigenvalue weighted by molar-refractivity contribution is -0.123. The lowest BCUT2D eigenvalue weighted by atomic mass is 10.1. The van der Waals surface area contributed by atoms with Crippen LogP contribution in [0.2, 0.25) is 0 Å². The largest absolute Gasteiger partial charge is 0.484 e. The van der Waals surface area contributed by atoms with E-state index in [1.165, 1.54) is 0 Å². The molecule has 0 aliphatic heterocycles. The van der Waals surface area contributed by atoms with Crippen molar-refractivity contribution in [1.29, 1.82) is 0 Å². The van der Waals surface area contributed by atoms with Gasteiger partial charge in [0.05, 0.1) is 0 Å². The predicted octanol–water partition coefficient (Wildman–Crippen LogP) is 2.99. The van der Waals surface area contributed by atoms with Crippen molar-refractivity contribution in [3.63, 3.8) is 0 Å². The van der Waals surface area contributed by atoms with Gasteiger partial charge in [0.15, 0.2) is 6.61 Å². The van der Waals surface area contributed by atoms with Gasteiger partial charge in [-0.15, -0.1) is 0 Å². The Balaban J connectivity index is 2.32. The van der Waals surface area contributed by atoms with Crippen molar-refractivity contribution in [3.8, 4) is 5.75 Å². The Labute approximate surface area is 117 Å². The van der Waals surface area contributed by atoms with Crippen molar-refractivity contribution in [2.75, 3.05) is 11.9 Å². The fourth-order valence-corrected chi connectivity index (χ4v) is 2.09. The van der Waals surface area contributed by atoms with Crippen molar-refractivity contribution in [1.82, 2.24) is 5.32 Å². The summed E-state index contributed by atoms with van der Waals surface area (Å²) in [6.45, 7) is 4.34. The number of para-hydroxylation sites is 1. The molecule has 0 fully saturated rings. The second-order valence-electron chi connectivity index (χ2n) is 4.65. The van der Waals surface area contributed by atoms with E-state index < -0.39 is 0 Å². The van der Waals surface area contributed by atoms with Gasteiger partial charge in [0.25, 0.3) is 5.91 Å². The second-order valence-corrected chi connectivity index (χ2v) is 5.30. The van der Waals surface area contributed by atoms with Crippen LogP contribution in [0.15, 0.2) is 30.3 Å². The molecule has 1 aromatic carbocycles. The average Bonchev–Trinajstić information content (AvgIpc) is 2.36. The number of hydrogen-bond donors (Lipinski definition) is 1. The number of ether oxygens (including phenoxy) is 1. The second kappa shape index (κ2) is 8.14. The van der Waals surface area contributed by atoms with Crippen molar-refractivity contribution < 1.29 is 9.53 Å². The molecule has 4 heteroatoms. The zero-order chi connectivity index (χ0) is 13.4. The first-order valence-corrected chi connectivity index (χ1v) is 7.27. The van der Waals surface area contributed by atoms with Gasteiger partial charge >= 0.3 is 0 Å². The number of carbonyl (C=O) groups excluding carboxylic acids is 1. The van der Waals surface area contributed by atoms with E-state index in [1.807, 2.05) is 30.3 Å². The zero-order valence-electron chi connectivity index (χ0n) is 10.9. The van der Waals surface area contributed by atoms with Crippen LogP contribution in [0.3, 0.4) is 0 Å². The number of rotatable bonds is 7. The van der Waals surface area contributed by atoms with Gasteiger partial charge in [-0.2, -0.15) is 0 Å². The average molecular weight is 314 g/mol. The van der Waals surface area contributed by atoms with E-state index in [2.05, 4.69) is 35.1 Å². The third-order valence-corrected chi connectivity index (χ3v) is 3.20. The molecular weight excluding hydrogens is 294 g/mol. The zero-order valence-corrected chi connectivity index (χ0v) is 12.4. The number of hydrogen-bond acceptors (Lipinski definition) is 2. The fourth-order valence-electron chi connectivity index (χ4n) is 1.66. The summed E-state index contributed by atoms with van der Waals surface area (Å²) in [5.74, 6) is 1.19. The first kappa shape index (κ1) is 15.0. The SMILES string of the molecule is CC(C)CC(CBr)NC(=O)COc1ccccc1. The third-order valence-electron chi connectivity index (χ3n) is 2.42. The fraction of sp³-hybridized carbons (Fsp3) is 0.500.